The molecule has 0 unspecified atom stereocenters. The fourth-order valence-electron chi connectivity index (χ4n) is 7.65. The number of hydrogen-bond acceptors (Lipinski definition) is 4. The van der Waals surface area contributed by atoms with Crippen molar-refractivity contribution in [3.63, 3.8) is 0 Å². The van der Waals surface area contributed by atoms with Crippen LogP contribution in [-0.4, -0.2) is 9.97 Å². The molecule has 1 aliphatic heterocycles. The van der Waals surface area contributed by atoms with Gasteiger partial charge in [-0.2, -0.15) is 0 Å². The van der Waals surface area contributed by atoms with Crippen molar-refractivity contribution in [3.05, 3.63) is 192 Å². The van der Waals surface area contributed by atoms with E-state index in [1.54, 1.807) is 11.3 Å². The maximum absolute atomic E-state index is 6.97. The lowest BCUT2D eigenvalue weighted by Crippen LogP contribution is -2.34. The van der Waals surface area contributed by atoms with Gasteiger partial charge in [0.05, 0.1) is 26.9 Å². The van der Waals surface area contributed by atoms with Gasteiger partial charge in [-0.3, -0.25) is 0 Å². The zero-order chi connectivity index (χ0) is 32.4. The topological polar surface area (TPSA) is 35.0 Å². The molecule has 0 fully saturated rings. The van der Waals surface area contributed by atoms with Crippen molar-refractivity contribution < 1.29 is 4.74 Å². The summed E-state index contributed by atoms with van der Waals surface area (Å²) in [4.78, 5) is 10.8. The van der Waals surface area contributed by atoms with Crippen molar-refractivity contribution >= 4 is 42.4 Å². The molecule has 49 heavy (non-hydrogen) atoms. The molecular weight excluding hydrogens is 617 g/mol. The molecule has 0 amide bonds. The fraction of sp³-hybridized carbons (Fsp3) is 0.0222. The second kappa shape index (κ2) is 11.0. The average Bonchev–Trinajstić information content (AvgIpc) is 3.55. The minimum absolute atomic E-state index is 0.622. The van der Waals surface area contributed by atoms with Crippen LogP contribution in [0.2, 0.25) is 0 Å². The molecule has 2 aromatic heterocycles. The molecule has 10 rings (SSSR count). The zero-order valence-electron chi connectivity index (χ0n) is 26.4. The first-order chi connectivity index (χ1) is 24.3. The van der Waals surface area contributed by atoms with Crippen LogP contribution in [-0.2, 0) is 5.41 Å². The maximum Gasteiger partial charge on any atom is 0.164 e. The molecule has 7 aromatic carbocycles. The van der Waals surface area contributed by atoms with Gasteiger partial charge in [0.15, 0.2) is 5.82 Å². The summed E-state index contributed by atoms with van der Waals surface area (Å²) < 4.78 is 9.24. The van der Waals surface area contributed by atoms with Crippen molar-refractivity contribution in [2.24, 2.45) is 0 Å². The third-order valence-electron chi connectivity index (χ3n) is 9.82. The number of para-hydroxylation sites is 2. The first-order valence-corrected chi connectivity index (χ1v) is 17.3. The number of thiophene rings is 1. The first kappa shape index (κ1) is 28.0. The molecule has 4 heteroatoms. The Bertz CT molecular complexity index is 2660. The van der Waals surface area contributed by atoms with Crippen molar-refractivity contribution in [2.45, 2.75) is 5.41 Å². The van der Waals surface area contributed by atoms with Gasteiger partial charge in [0, 0.05) is 26.8 Å². The Labute approximate surface area is 287 Å². The Hall–Kier alpha value is -6.10. The minimum Gasteiger partial charge on any atom is -0.456 e. The van der Waals surface area contributed by atoms with E-state index in [1.807, 2.05) is 6.07 Å². The van der Waals surface area contributed by atoms with E-state index >= 15 is 0 Å². The second-order valence-electron chi connectivity index (χ2n) is 12.5. The molecule has 0 spiro atoms. The molecule has 3 nitrogen and oxygen atoms in total. The lowest BCUT2D eigenvalue weighted by atomic mass is 9.63. The number of benzene rings is 7. The van der Waals surface area contributed by atoms with Gasteiger partial charge in [-0.05, 0) is 46.2 Å². The van der Waals surface area contributed by atoms with E-state index in [0.29, 0.717) is 5.82 Å². The molecule has 0 aliphatic carbocycles. The molecule has 3 heterocycles. The van der Waals surface area contributed by atoms with E-state index in [4.69, 9.17) is 14.7 Å². The summed E-state index contributed by atoms with van der Waals surface area (Å²) in [6.45, 7) is 0. The lowest BCUT2D eigenvalue weighted by Gasteiger charge is -2.42. The number of aromatic nitrogens is 2. The predicted molar refractivity (Wildman–Crippen MR) is 202 cm³/mol. The smallest absolute Gasteiger partial charge is 0.164 e. The molecule has 9 aromatic rings. The van der Waals surface area contributed by atoms with Crippen LogP contribution in [0.1, 0.15) is 22.3 Å². The summed E-state index contributed by atoms with van der Waals surface area (Å²) >= 11 is 1.75. The summed E-state index contributed by atoms with van der Waals surface area (Å²) in [5, 5.41) is 3.52. The molecular formula is C45H28N2OS. The van der Waals surface area contributed by atoms with Crippen LogP contribution in [0.4, 0.5) is 0 Å². The average molecular weight is 645 g/mol. The number of nitrogens with zero attached hydrogens (tertiary/aromatic N) is 2. The van der Waals surface area contributed by atoms with Crippen molar-refractivity contribution in [3.8, 4) is 34.1 Å². The highest BCUT2D eigenvalue weighted by atomic mass is 32.1. The minimum atomic E-state index is -0.622. The Kier molecular flexibility index (Phi) is 6.27. The Balaban J connectivity index is 1.29. The van der Waals surface area contributed by atoms with Crippen LogP contribution in [0, 0.1) is 0 Å². The van der Waals surface area contributed by atoms with Gasteiger partial charge in [0.25, 0.3) is 0 Å². The van der Waals surface area contributed by atoms with Gasteiger partial charge < -0.3 is 4.74 Å². The molecule has 0 bridgehead atoms. The van der Waals surface area contributed by atoms with E-state index in [1.165, 1.54) is 26.6 Å². The van der Waals surface area contributed by atoms with Gasteiger partial charge in [-0.1, -0.05) is 146 Å². The van der Waals surface area contributed by atoms with Crippen LogP contribution >= 0.6 is 11.3 Å². The highest BCUT2D eigenvalue weighted by molar-refractivity contribution is 7.26. The SMILES string of the molecule is c1ccc(C2(c3ccccc3)c3ccccc3Oc3c(-c4nc(-c5ccc6ccccc6c5)c5sc6ccccc6c5n4)cccc32)cc1. The molecule has 0 N–H and O–H groups in total. The van der Waals surface area contributed by atoms with E-state index in [0.717, 1.165) is 55.0 Å². The summed E-state index contributed by atoms with van der Waals surface area (Å²) in [5.41, 5.74) is 7.71. The Morgan fingerprint density at radius 2 is 1.20 bits per heavy atom. The standard InChI is InChI=1S/C45H28N2OS/c1-3-16-32(17-4-1)45(33-18-5-2-6-19-33)36-22-10-11-24-38(36)48-42-35(21-13-23-37(42)45)44-46-40(31-27-26-29-14-7-8-15-30(29)28-31)43-41(47-44)34-20-9-12-25-39(34)49-43/h1-28H. The third kappa shape index (κ3) is 4.21. The quantitative estimate of drug-likeness (QED) is 0.191. The first-order valence-electron chi connectivity index (χ1n) is 16.5. The molecule has 1 aliphatic rings. The summed E-state index contributed by atoms with van der Waals surface area (Å²) in [6, 6.07) is 60.0. The number of rotatable bonds is 4. The van der Waals surface area contributed by atoms with Gasteiger partial charge in [0.1, 0.15) is 11.5 Å². The molecule has 0 radical (unpaired) electrons. The zero-order valence-corrected chi connectivity index (χ0v) is 27.2. The van der Waals surface area contributed by atoms with E-state index in [9.17, 15) is 0 Å². The maximum atomic E-state index is 6.97. The van der Waals surface area contributed by atoms with E-state index in [2.05, 4.69) is 164 Å². The van der Waals surface area contributed by atoms with Gasteiger partial charge >= 0.3 is 0 Å². The summed E-state index contributed by atoms with van der Waals surface area (Å²) in [6.07, 6.45) is 0. The fourth-order valence-corrected chi connectivity index (χ4v) is 8.80. The van der Waals surface area contributed by atoms with E-state index < -0.39 is 5.41 Å². The predicted octanol–water partition coefficient (Wildman–Crippen LogP) is 11.8. The van der Waals surface area contributed by atoms with Gasteiger partial charge in [-0.15, -0.1) is 11.3 Å². The Morgan fingerprint density at radius 1 is 0.531 bits per heavy atom. The Morgan fingerprint density at radius 3 is 2.02 bits per heavy atom. The van der Waals surface area contributed by atoms with Crippen LogP contribution in [0.25, 0.3) is 53.7 Å². The highest BCUT2D eigenvalue weighted by Crippen LogP contribution is 2.57. The number of ether oxygens (including phenoxy) is 1. The van der Waals surface area contributed by atoms with Crippen LogP contribution in [0.15, 0.2) is 170 Å². The van der Waals surface area contributed by atoms with Crippen molar-refractivity contribution in [2.75, 3.05) is 0 Å². The largest absolute Gasteiger partial charge is 0.456 e. The monoisotopic (exact) mass is 644 g/mol. The molecule has 230 valence electrons. The second-order valence-corrected chi connectivity index (χ2v) is 13.5. The summed E-state index contributed by atoms with van der Waals surface area (Å²) in [5.74, 6) is 2.25. The third-order valence-corrected chi connectivity index (χ3v) is 11.0. The van der Waals surface area contributed by atoms with Gasteiger partial charge in [-0.25, -0.2) is 9.97 Å². The van der Waals surface area contributed by atoms with E-state index in [-0.39, 0.29) is 0 Å². The highest BCUT2D eigenvalue weighted by Gasteiger charge is 2.46. The number of hydrogen-bond donors (Lipinski definition) is 0. The van der Waals surface area contributed by atoms with Gasteiger partial charge in [0.2, 0.25) is 0 Å². The van der Waals surface area contributed by atoms with Crippen molar-refractivity contribution in [1.82, 2.24) is 9.97 Å². The molecule has 0 saturated carbocycles. The normalized spacial score (nSPS) is 13.2. The van der Waals surface area contributed by atoms with Crippen molar-refractivity contribution in [1.29, 1.82) is 0 Å². The summed E-state index contributed by atoms with van der Waals surface area (Å²) in [7, 11) is 0. The molecule has 0 saturated heterocycles. The van der Waals surface area contributed by atoms with Crippen LogP contribution < -0.4 is 4.74 Å². The van der Waals surface area contributed by atoms with Crippen LogP contribution in [0.5, 0.6) is 11.5 Å². The number of fused-ring (bicyclic) bond motifs is 6. The van der Waals surface area contributed by atoms with Crippen LogP contribution in [0.3, 0.4) is 0 Å². The lowest BCUT2D eigenvalue weighted by molar-refractivity contribution is 0.436. The molecule has 0 atom stereocenters.